The Morgan fingerprint density at radius 2 is 1.42 bits per heavy atom. The second kappa shape index (κ2) is 7.06. The molecule has 0 amide bonds. The van der Waals surface area contributed by atoms with Gasteiger partial charge in [0.2, 0.25) is 10.0 Å². The summed E-state index contributed by atoms with van der Waals surface area (Å²) in [5.74, 6) is 0. The third kappa shape index (κ3) is 3.63. The van der Waals surface area contributed by atoms with E-state index in [1.807, 2.05) is 0 Å². The Bertz CT molecular complexity index is 972. The molecule has 0 aromatic carbocycles. The maximum absolute atomic E-state index is 12.9. The molecule has 0 saturated carbocycles. The van der Waals surface area contributed by atoms with Crippen molar-refractivity contribution in [3.8, 4) is 0 Å². The van der Waals surface area contributed by atoms with Crippen LogP contribution in [0.1, 0.15) is 10.1 Å². The predicted molar refractivity (Wildman–Crippen MR) is 98.1 cm³/mol. The molecule has 0 saturated heterocycles. The third-order valence-electron chi connectivity index (χ3n) is 3.23. The molecule has 5 nitrogen and oxygen atoms in total. The quantitative estimate of drug-likeness (QED) is 0.637. The lowest BCUT2D eigenvalue weighted by Crippen LogP contribution is -2.31. The number of thiophene rings is 3. The summed E-state index contributed by atoms with van der Waals surface area (Å²) in [6.07, 6.45) is 0. The van der Waals surface area contributed by atoms with Crippen molar-refractivity contribution in [2.75, 3.05) is 6.54 Å². The van der Waals surface area contributed by atoms with Gasteiger partial charge in [0.1, 0.15) is 13.7 Å². The maximum atomic E-state index is 12.9. The second-order valence-corrected chi connectivity index (χ2v) is 12.0. The van der Waals surface area contributed by atoms with Crippen LogP contribution >= 0.6 is 34.0 Å². The van der Waals surface area contributed by atoms with E-state index < -0.39 is 25.1 Å². The lowest BCUT2D eigenvalue weighted by Gasteiger charge is -2.16. The van der Waals surface area contributed by atoms with E-state index in [1.165, 1.54) is 23.5 Å². The van der Waals surface area contributed by atoms with E-state index in [-0.39, 0.29) is 15.0 Å². The molecule has 0 aliphatic rings. The Morgan fingerprint density at radius 1 is 0.833 bits per heavy atom. The van der Waals surface area contributed by atoms with Gasteiger partial charge in [-0.2, -0.15) is 0 Å². The summed E-state index contributed by atoms with van der Waals surface area (Å²) in [5, 5.41) is 4.17. The van der Waals surface area contributed by atoms with E-state index in [0.717, 1.165) is 22.7 Å². The molecule has 0 fully saturated rings. The predicted octanol–water partition coefficient (Wildman–Crippen LogP) is 3.36. The molecular weight excluding hydrogens is 406 g/mol. The average molecular weight is 420 g/mol. The van der Waals surface area contributed by atoms with Crippen LogP contribution in [0.25, 0.3) is 0 Å². The first kappa shape index (κ1) is 17.8. The van der Waals surface area contributed by atoms with Crippen LogP contribution in [0.5, 0.6) is 0 Å². The highest BCUT2D eigenvalue weighted by Crippen LogP contribution is 2.33. The fourth-order valence-corrected chi connectivity index (χ4v) is 8.26. The molecule has 0 aliphatic carbocycles. The van der Waals surface area contributed by atoms with E-state index in [1.54, 1.807) is 40.4 Å². The van der Waals surface area contributed by atoms with E-state index in [4.69, 9.17) is 0 Å². The zero-order valence-corrected chi connectivity index (χ0v) is 16.2. The minimum Gasteiger partial charge on any atom is -0.222 e. The number of hydrogen-bond acceptors (Lipinski definition) is 7. The van der Waals surface area contributed by atoms with Gasteiger partial charge < -0.3 is 0 Å². The number of rotatable bonds is 7. The molecule has 128 valence electrons. The van der Waals surface area contributed by atoms with Crippen molar-refractivity contribution in [3.05, 3.63) is 57.4 Å². The first-order valence-electron chi connectivity index (χ1n) is 6.75. The normalized spacial score (nSPS) is 13.8. The van der Waals surface area contributed by atoms with E-state index in [9.17, 15) is 16.8 Å². The lowest BCUT2D eigenvalue weighted by atomic mass is 10.3. The van der Waals surface area contributed by atoms with Gasteiger partial charge in [-0.15, -0.1) is 34.0 Å². The van der Waals surface area contributed by atoms with Crippen molar-refractivity contribution >= 4 is 53.9 Å². The Labute approximate surface area is 152 Å². The summed E-state index contributed by atoms with van der Waals surface area (Å²) in [6.45, 7) is -0.207. The first-order chi connectivity index (χ1) is 11.4. The minimum absolute atomic E-state index is 0.168. The van der Waals surface area contributed by atoms with Gasteiger partial charge in [0, 0.05) is 11.4 Å². The second-order valence-electron chi connectivity index (χ2n) is 4.77. The smallest absolute Gasteiger partial charge is 0.222 e. The van der Waals surface area contributed by atoms with E-state index in [0.29, 0.717) is 4.88 Å². The molecule has 0 spiro atoms. The lowest BCUT2D eigenvalue weighted by molar-refractivity contribution is 0.572. The summed E-state index contributed by atoms with van der Waals surface area (Å²) in [5.41, 5.74) is 0. The van der Waals surface area contributed by atoms with Crippen LogP contribution in [-0.2, 0) is 19.9 Å². The highest BCUT2D eigenvalue weighted by atomic mass is 32.2. The van der Waals surface area contributed by atoms with Crippen molar-refractivity contribution in [3.63, 3.8) is 0 Å². The molecule has 0 unspecified atom stereocenters. The number of nitrogens with one attached hydrogen (secondary N) is 1. The molecule has 0 aliphatic heterocycles. The van der Waals surface area contributed by atoms with Crippen molar-refractivity contribution in [2.45, 2.75) is 13.7 Å². The van der Waals surface area contributed by atoms with Crippen LogP contribution < -0.4 is 4.72 Å². The zero-order valence-electron chi connectivity index (χ0n) is 12.2. The van der Waals surface area contributed by atoms with Gasteiger partial charge in [-0.25, -0.2) is 21.6 Å². The summed E-state index contributed by atoms with van der Waals surface area (Å²) in [4.78, 5) is 0.609. The molecule has 3 aromatic rings. The van der Waals surface area contributed by atoms with E-state index >= 15 is 0 Å². The Morgan fingerprint density at radius 3 is 1.96 bits per heavy atom. The van der Waals surface area contributed by atoms with Crippen LogP contribution in [0, 0.1) is 0 Å². The van der Waals surface area contributed by atoms with Crippen molar-refractivity contribution < 1.29 is 16.8 Å². The topological polar surface area (TPSA) is 80.3 Å². The summed E-state index contributed by atoms with van der Waals surface area (Å²) >= 11 is 3.51. The molecule has 24 heavy (non-hydrogen) atoms. The average Bonchev–Trinajstić information content (AvgIpc) is 3.28. The molecule has 10 heteroatoms. The Hall–Kier alpha value is -1.04. The maximum Gasteiger partial charge on any atom is 0.250 e. The van der Waals surface area contributed by atoms with Crippen LogP contribution in [-0.4, -0.2) is 23.4 Å². The van der Waals surface area contributed by atoms with Gasteiger partial charge in [0.05, 0.1) is 0 Å². The number of hydrogen-bond donors (Lipinski definition) is 1. The van der Waals surface area contributed by atoms with Crippen LogP contribution in [0.4, 0.5) is 0 Å². The van der Waals surface area contributed by atoms with Crippen molar-refractivity contribution in [2.24, 2.45) is 0 Å². The SMILES string of the molecule is O=S(=O)(NC[C@H](c1cccs1)S(=O)(=O)c1cccs1)c1cccs1. The highest BCUT2D eigenvalue weighted by Gasteiger charge is 2.32. The van der Waals surface area contributed by atoms with Crippen molar-refractivity contribution in [1.29, 1.82) is 0 Å². The Kier molecular flexibility index (Phi) is 5.23. The van der Waals surface area contributed by atoms with Crippen LogP contribution in [0.3, 0.4) is 0 Å². The minimum atomic E-state index is -3.72. The monoisotopic (exact) mass is 419 g/mol. The zero-order chi connectivity index (χ0) is 17.2. The van der Waals surface area contributed by atoms with Gasteiger partial charge in [0.15, 0.2) is 9.84 Å². The number of sulfone groups is 1. The summed E-state index contributed by atoms with van der Waals surface area (Å²) in [6, 6.07) is 9.79. The van der Waals surface area contributed by atoms with Crippen molar-refractivity contribution in [1.82, 2.24) is 4.72 Å². The largest absolute Gasteiger partial charge is 0.250 e. The molecular formula is C14H13NO4S5. The molecule has 3 rings (SSSR count). The van der Waals surface area contributed by atoms with Gasteiger partial charge in [-0.1, -0.05) is 18.2 Å². The molecule has 0 radical (unpaired) electrons. The third-order valence-corrected chi connectivity index (χ3v) is 10.7. The van der Waals surface area contributed by atoms with Crippen LogP contribution in [0.2, 0.25) is 0 Å². The van der Waals surface area contributed by atoms with E-state index in [2.05, 4.69) is 4.72 Å². The molecule has 1 N–H and O–H groups in total. The van der Waals surface area contributed by atoms with Gasteiger partial charge in [0.25, 0.3) is 0 Å². The molecule has 0 bridgehead atoms. The summed E-state index contributed by atoms with van der Waals surface area (Å²) in [7, 11) is -7.39. The first-order valence-corrected chi connectivity index (χ1v) is 12.4. The molecule has 3 heterocycles. The van der Waals surface area contributed by atoms with Gasteiger partial charge in [-0.3, -0.25) is 0 Å². The standard InChI is InChI=1S/C14H13NO4S5/c16-23(17,13-5-2-8-21-13)12(11-4-1-7-20-11)10-15-24(18,19)14-6-3-9-22-14/h1-9,12,15H,10H2/t12-/m1/s1. The number of sulfonamides is 1. The van der Waals surface area contributed by atoms with Crippen LogP contribution in [0.15, 0.2) is 61.0 Å². The van der Waals surface area contributed by atoms with Gasteiger partial charge in [-0.05, 0) is 34.3 Å². The Balaban J connectivity index is 1.90. The fraction of sp³-hybridized carbons (Fsp3) is 0.143. The molecule has 1 atom stereocenters. The highest BCUT2D eigenvalue weighted by molar-refractivity contribution is 7.94. The molecule has 3 aromatic heterocycles. The summed E-state index contributed by atoms with van der Waals surface area (Å²) < 4.78 is 53.2. The van der Waals surface area contributed by atoms with Gasteiger partial charge >= 0.3 is 0 Å². The fourth-order valence-electron chi connectivity index (χ4n) is 2.08.